The molecule has 1 fully saturated rings. The molecule has 1 heterocycles. The summed E-state index contributed by atoms with van der Waals surface area (Å²) < 4.78 is 5.46. The molecule has 0 spiro atoms. The highest BCUT2D eigenvalue weighted by Crippen LogP contribution is 2.30. The molecule has 114 valence electrons. The lowest BCUT2D eigenvalue weighted by Crippen LogP contribution is -2.50. The highest BCUT2D eigenvalue weighted by Gasteiger charge is 2.26. The third-order valence-corrected chi connectivity index (χ3v) is 3.43. The highest BCUT2D eigenvalue weighted by molar-refractivity contribution is 6.30. The van der Waals surface area contributed by atoms with Gasteiger partial charge in [-0.15, -0.1) is 0 Å². The Bertz CT molecular complexity index is 546. The fourth-order valence-electron chi connectivity index (χ4n) is 2.12. The van der Waals surface area contributed by atoms with E-state index in [1.54, 1.807) is 11.8 Å². The standard InChI is InChI=1S/C13H16ClN3O4/c1-9(13(18)16-6-4-15-5-7-16)21-12-3-2-10(14)8-11(12)17(19)20/h2-3,8-9,15H,4-7H2,1H3. The molecule has 1 saturated heterocycles. The Labute approximate surface area is 127 Å². The number of piperazine rings is 1. The first-order valence-electron chi connectivity index (χ1n) is 6.59. The molecule has 8 heteroatoms. The van der Waals surface area contributed by atoms with Crippen LogP contribution < -0.4 is 10.1 Å². The Morgan fingerprint density at radius 1 is 1.48 bits per heavy atom. The second kappa shape index (κ2) is 6.73. The molecular weight excluding hydrogens is 298 g/mol. The SMILES string of the molecule is CC(Oc1ccc(Cl)cc1[N+](=O)[O-])C(=O)N1CCNCC1. The number of hydrogen-bond acceptors (Lipinski definition) is 5. The van der Waals surface area contributed by atoms with Crippen LogP contribution in [-0.4, -0.2) is 48.0 Å². The van der Waals surface area contributed by atoms with E-state index in [-0.39, 0.29) is 22.4 Å². The molecule has 1 aliphatic rings. The number of nitro benzene ring substituents is 1. The predicted molar refractivity (Wildman–Crippen MR) is 77.6 cm³/mol. The van der Waals surface area contributed by atoms with Crippen LogP contribution in [0.3, 0.4) is 0 Å². The molecule has 7 nitrogen and oxygen atoms in total. The molecule has 0 aliphatic carbocycles. The first-order valence-corrected chi connectivity index (χ1v) is 6.97. The Balaban J connectivity index is 2.10. The molecule has 1 unspecified atom stereocenters. The van der Waals surface area contributed by atoms with Crippen molar-refractivity contribution in [1.29, 1.82) is 0 Å². The first-order chi connectivity index (χ1) is 9.99. The van der Waals surface area contributed by atoms with E-state index in [9.17, 15) is 14.9 Å². The van der Waals surface area contributed by atoms with Gasteiger partial charge in [-0.25, -0.2) is 0 Å². The van der Waals surface area contributed by atoms with E-state index >= 15 is 0 Å². The van der Waals surface area contributed by atoms with E-state index in [2.05, 4.69) is 5.32 Å². The minimum atomic E-state index is -0.789. The van der Waals surface area contributed by atoms with Gasteiger partial charge >= 0.3 is 5.69 Å². The zero-order valence-electron chi connectivity index (χ0n) is 11.5. The third kappa shape index (κ3) is 3.83. The van der Waals surface area contributed by atoms with Crippen molar-refractivity contribution in [3.63, 3.8) is 0 Å². The summed E-state index contributed by atoms with van der Waals surface area (Å²) in [7, 11) is 0. The van der Waals surface area contributed by atoms with E-state index in [4.69, 9.17) is 16.3 Å². The number of ether oxygens (including phenoxy) is 1. The molecular formula is C13H16ClN3O4. The molecule has 1 N–H and O–H groups in total. The summed E-state index contributed by atoms with van der Waals surface area (Å²) in [5.41, 5.74) is -0.248. The minimum Gasteiger partial charge on any atom is -0.474 e. The van der Waals surface area contributed by atoms with Gasteiger partial charge in [-0.2, -0.15) is 0 Å². The zero-order valence-corrected chi connectivity index (χ0v) is 12.3. The maximum atomic E-state index is 12.2. The molecule has 0 saturated carbocycles. The van der Waals surface area contributed by atoms with Gasteiger partial charge in [-0.3, -0.25) is 14.9 Å². The second-order valence-corrected chi connectivity index (χ2v) is 5.14. The van der Waals surface area contributed by atoms with E-state index in [1.165, 1.54) is 18.2 Å². The molecule has 1 amide bonds. The van der Waals surface area contributed by atoms with Crippen molar-refractivity contribution in [3.05, 3.63) is 33.3 Å². The second-order valence-electron chi connectivity index (χ2n) is 4.70. The minimum absolute atomic E-state index is 0.0420. The number of amides is 1. The summed E-state index contributed by atoms with van der Waals surface area (Å²) in [5, 5.41) is 14.4. The van der Waals surface area contributed by atoms with Crippen LogP contribution in [0.25, 0.3) is 0 Å². The Morgan fingerprint density at radius 2 is 2.14 bits per heavy atom. The van der Waals surface area contributed by atoms with Gasteiger partial charge < -0.3 is 15.0 Å². The molecule has 2 rings (SSSR count). The predicted octanol–water partition coefficient (Wildman–Crippen LogP) is 1.45. The Morgan fingerprint density at radius 3 is 2.76 bits per heavy atom. The van der Waals surface area contributed by atoms with Crippen molar-refractivity contribution >= 4 is 23.2 Å². The van der Waals surface area contributed by atoms with Gasteiger partial charge in [-0.05, 0) is 19.1 Å². The van der Waals surface area contributed by atoms with Crippen molar-refractivity contribution in [2.24, 2.45) is 0 Å². The maximum absolute atomic E-state index is 12.2. The topological polar surface area (TPSA) is 84.7 Å². The van der Waals surface area contributed by atoms with E-state index in [0.29, 0.717) is 13.1 Å². The van der Waals surface area contributed by atoms with Gasteiger partial charge in [0.1, 0.15) is 0 Å². The number of halogens is 1. The number of nitrogens with one attached hydrogen (secondary N) is 1. The van der Waals surface area contributed by atoms with E-state index in [1.807, 2.05) is 0 Å². The average Bonchev–Trinajstić information content (AvgIpc) is 2.49. The van der Waals surface area contributed by atoms with Crippen LogP contribution in [0.2, 0.25) is 5.02 Å². The first kappa shape index (κ1) is 15.5. The number of benzene rings is 1. The zero-order chi connectivity index (χ0) is 15.4. The van der Waals surface area contributed by atoms with Crippen LogP contribution in [0.1, 0.15) is 6.92 Å². The number of rotatable bonds is 4. The van der Waals surface area contributed by atoms with Gasteiger partial charge in [-0.1, -0.05) is 11.6 Å². The fraction of sp³-hybridized carbons (Fsp3) is 0.462. The Hall–Kier alpha value is -1.86. The van der Waals surface area contributed by atoms with Crippen LogP contribution in [0.4, 0.5) is 5.69 Å². The van der Waals surface area contributed by atoms with Crippen LogP contribution >= 0.6 is 11.6 Å². The van der Waals surface area contributed by atoms with E-state index in [0.717, 1.165) is 13.1 Å². The van der Waals surface area contributed by atoms with Crippen molar-refractivity contribution in [3.8, 4) is 5.75 Å². The van der Waals surface area contributed by atoms with Crippen LogP contribution in [-0.2, 0) is 4.79 Å². The third-order valence-electron chi connectivity index (χ3n) is 3.20. The van der Waals surface area contributed by atoms with Crippen LogP contribution in [0.5, 0.6) is 5.75 Å². The number of carbonyl (C=O) groups is 1. The number of nitrogens with zero attached hydrogens (tertiary/aromatic N) is 2. The fourth-order valence-corrected chi connectivity index (χ4v) is 2.28. The summed E-state index contributed by atoms with van der Waals surface area (Å²) in [5.74, 6) is -0.138. The average molecular weight is 314 g/mol. The normalized spacial score (nSPS) is 16.4. The maximum Gasteiger partial charge on any atom is 0.312 e. The van der Waals surface area contributed by atoms with Gasteiger partial charge in [0.05, 0.1) is 4.92 Å². The monoisotopic (exact) mass is 313 g/mol. The number of nitro groups is 1. The van der Waals surface area contributed by atoms with Gasteiger partial charge in [0.25, 0.3) is 5.91 Å². The van der Waals surface area contributed by atoms with Crippen LogP contribution in [0.15, 0.2) is 18.2 Å². The van der Waals surface area contributed by atoms with Crippen molar-refractivity contribution in [1.82, 2.24) is 10.2 Å². The van der Waals surface area contributed by atoms with Crippen LogP contribution in [0, 0.1) is 10.1 Å². The molecule has 0 bridgehead atoms. The number of hydrogen-bond donors (Lipinski definition) is 1. The molecule has 0 aromatic heterocycles. The van der Waals surface area contributed by atoms with Crippen molar-refractivity contribution in [2.75, 3.05) is 26.2 Å². The lowest BCUT2D eigenvalue weighted by atomic mass is 10.2. The summed E-state index contributed by atoms with van der Waals surface area (Å²) in [6.07, 6.45) is -0.789. The lowest BCUT2D eigenvalue weighted by molar-refractivity contribution is -0.386. The van der Waals surface area contributed by atoms with Crippen molar-refractivity contribution < 1.29 is 14.5 Å². The smallest absolute Gasteiger partial charge is 0.312 e. The van der Waals surface area contributed by atoms with Crippen molar-refractivity contribution in [2.45, 2.75) is 13.0 Å². The summed E-state index contributed by atoms with van der Waals surface area (Å²) in [6, 6.07) is 4.10. The summed E-state index contributed by atoms with van der Waals surface area (Å²) >= 11 is 5.74. The molecule has 0 radical (unpaired) electrons. The Kier molecular flexibility index (Phi) is 4.98. The molecule has 1 atom stereocenters. The summed E-state index contributed by atoms with van der Waals surface area (Å²) in [4.78, 5) is 24.3. The highest BCUT2D eigenvalue weighted by atomic mass is 35.5. The molecule has 21 heavy (non-hydrogen) atoms. The van der Waals surface area contributed by atoms with E-state index < -0.39 is 11.0 Å². The molecule has 1 aromatic rings. The summed E-state index contributed by atoms with van der Waals surface area (Å²) in [6.45, 7) is 4.27. The molecule has 1 aliphatic heterocycles. The lowest BCUT2D eigenvalue weighted by Gasteiger charge is -2.29. The number of carbonyl (C=O) groups excluding carboxylic acids is 1. The van der Waals surface area contributed by atoms with Gasteiger partial charge in [0, 0.05) is 37.3 Å². The van der Waals surface area contributed by atoms with Gasteiger partial charge in [0.15, 0.2) is 11.9 Å². The largest absolute Gasteiger partial charge is 0.474 e. The van der Waals surface area contributed by atoms with Gasteiger partial charge in [0.2, 0.25) is 0 Å². The quantitative estimate of drug-likeness (QED) is 0.671. The molecule has 1 aromatic carbocycles.